The minimum Gasteiger partial charge on any atom is -0.368 e. The number of nitrogens with zero attached hydrogens (tertiary/aromatic N) is 3. The summed E-state index contributed by atoms with van der Waals surface area (Å²) < 4.78 is 1.63. The second-order valence-corrected chi connectivity index (χ2v) is 6.26. The number of fused-ring (bicyclic) bond motifs is 1. The third-order valence-electron chi connectivity index (χ3n) is 4.45. The van der Waals surface area contributed by atoms with E-state index in [0.717, 1.165) is 30.9 Å². The second kappa shape index (κ2) is 6.09. The molecule has 1 unspecified atom stereocenters. The predicted molar refractivity (Wildman–Crippen MR) is 96.6 cm³/mol. The van der Waals surface area contributed by atoms with Gasteiger partial charge in [-0.1, -0.05) is 30.3 Å². The Hall–Kier alpha value is -2.66. The normalized spacial score (nSPS) is 18.0. The zero-order valence-corrected chi connectivity index (χ0v) is 13.6. The molecule has 0 radical (unpaired) electrons. The van der Waals surface area contributed by atoms with Crippen LogP contribution in [0, 0.1) is 0 Å². The van der Waals surface area contributed by atoms with Crippen molar-refractivity contribution in [3.8, 4) is 11.3 Å². The van der Waals surface area contributed by atoms with Crippen molar-refractivity contribution in [1.29, 1.82) is 0 Å². The fourth-order valence-electron chi connectivity index (χ4n) is 3.20. The van der Waals surface area contributed by atoms with E-state index in [0.29, 0.717) is 17.4 Å². The number of anilines is 1. The van der Waals surface area contributed by atoms with Gasteiger partial charge in [0.15, 0.2) is 0 Å². The van der Waals surface area contributed by atoms with E-state index in [2.05, 4.69) is 28.2 Å². The summed E-state index contributed by atoms with van der Waals surface area (Å²) >= 11 is 0. The van der Waals surface area contributed by atoms with Crippen LogP contribution in [0.15, 0.2) is 59.5 Å². The minimum absolute atomic E-state index is 0.0520. The lowest BCUT2D eigenvalue weighted by Gasteiger charge is -2.33. The van der Waals surface area contributed by atoms with E-state index in [1.54, 1.807) is 10.5 Å². The zero-order chi connectivity index (χ0) is 16.5. The Balaban J connectivity index is 1.76. The maximum Gasteiger partial charge on any atom is 0.258 e. The molecule has 0 aliphatic carbocycles. The van der Waals surface area contributed by atoms with Crippen LogP contribution in [0.1, 0.15) is 6.92 Å². The lowest BCUT2D eigenvalue weighted by atomic mass is 10.1. The quantitative estimate of drug-likeness (QED) is 0.786. The SMILES string of the molecule is CC1CN(c2ccc3nc(-c4ccccc4)cc(=O)n3c2)CCN1. The molecule has 0 saturated carbocycles. The van der Waals surface area contributed by atoms with Gasteiger partial charge in [0.2, 0.25) is 0 Å². The number of aromatic nitrogens is 2. The average Bonchev–Trinajstić information content (AvgIpc) is 2.62. The van der Waals surface area contributed by atoms with Crippen molar-refractivity contribution in [1.82, 2.24) is 14.7 Å². The van der Waals surface area contributed by atoms with E-state index in [4.69, 9.17) is 0 Å². The maximum absolute atomic E-state index is 12.6. The van der Waals surface area contributed by atoms with Crippen LogP contribution in [0.4, 0.5) is 5.69 Å². The van der Waals surface area contributed by atoms with E-state index in [1.807, 2.05) is 42.6 Å². The van der Waals surface area contributed by atoms with Crippen LogP contribution in [0.5, 0.6) is 0 Å². The number of pyridine rings is 1. The Bertz CT molecular complexity index is 920. The lowest BCUT2D eigenvalue weighted by Crippen LogP contribution is -2.49. The van der Waals surface area contributed by atoms with Gasteiger partial charge in [-0.2, -0.15) is 0 Å². The third-order valence-corrected chi connectivity index (χ3v) is 4.45. The van der Waals surface area contributed by atoms with Crippen LogP contribution >= 0.6 is 0 Å². The van der Waals surface area contributed by atoms with E-state index in [1.165, 1.54) is 0 Å². The third kappa shape index (κ3) is 2.78. The molecule has 3 aromatic rings. The van der Waals surface area contributed by atoms with Gasteiger partial charge >= 0.3 is 0 Å². The summed E-state index contributed by atoms with van der Waals surface area (Å²) in [6.07, 6.45) is 1.90. The first kappa shape index (κ1) is 14.9. The smallest absolute Gasteiger partial charge is 0.258 e. The summed E-state index contributed by atoms with van der Waals surface area (Å²) in [6, 6.07) is 15.8. The van der Waals surface area contributed by atoms with Crippen LogP contribution in [-0.2, 0) is 0 Å². The number of nitrogens with one attached hydrogen (secondary N) is 1. The van der Waals surface area contributed by atoms with Crippen molar-refractivity contribution in [3.05, 3.63) is 65.1 Å². The summed E-state index contributed by atoms with van der Waals surface area (Å²) in [6.45, 7) is 5.02. The Morgan fingerprint density at radius 2 is 2.00 bits per heavy atom. The first-order valence-corrected chi connectivity index (χ1v) is 8.28. The molecule has 2 aromatic heterocycles. The summed E-state index contributed by atoms with van der Waals surface area (Å²) in [4.78, 5) is 19.5. The summed E-state index contributed by atoms with van der Waals surface area (Å²) in [5.74, 6) is 0. The van der Waals surface area contributed by atoms with Gasteiger partial charge in [0, 0.05) is 43.5 Å². The molecular formula is C19H20N4O. The molecule has 0 bridgehead atoms. The van der Waals surface area contributed by atoms with Crippen LogP contribution in [0.25, 0.3) is 16.9 Å². The Labute approximate surface area is 140 Å². The van der Waals surface area contributed by atoms with Gasteiger partial charge in [-0.15, -0.1) is 0 Å². The first-order chi connectivity index (χ1) is 11.7. The molecule has 122 valence electrons. The summed E-state index contributed by atoms with van der Waals surface area (Å²) in [5, 5.41) is 3.43. The van der Waals surface area contributed by atoms with E-state index < -0.39 is 0 Å². The highest BCUT2D eigenvalue weighted by Gasteiger charge is 2.16. The van der Waals surface area contributed by atoms with Crippen LogP contribution in [0.3, 0.4) is 0 Å². The van der Waals surface area contributed by atoms with Crippen LogP contribution in [0.2, 0.25) is 0 Å². The molecule has 1 aliphatic heterocycles. The molecule has 0 spiro atoms. The predicted octanol–water partition coefficient (Wildman–Crippen LogP) is 2.16. The van der Waals surface area contributed by atoms with Crippen molar-refractivity contribution >= 4 is 11.3 Å². The van der Waals surface area contributed by atoms with E-state index in [9.17, 15) is 4.79 Å². The van der Waals surface area contributed by atoms with E-state index >= 15 is 0 Å². The molecule has 1 saturated heterocycles. The average molecular weight is 320 g/mol. The van der Waals surface area contributed by atoms with Crippen molar-refractivity contribution in [3.63, 3.8) is 0 Å². The zero-order valence-electron chi connectivity index (χ0n) is 13.6. The van der Waals surface area contributed by atoms with Gasteiger partial charge in [-0.05, 0) is 19.1 Å². The monoisotopic (exact) mass is 320 g/mol. The molecular weight excluding hydrogens is 300 g/mol. The number of piperazine rings is 1. The molecule has 4 rings (SSSR count). The molecule has 1 aromatic carbocycles. The molecule has 3 heterocycles. The minimum atomic E-state index is -0.0520. The van der Waals surface area contributed by atoms with Gasteiger partial charge < -0.3 is 10.2 Å². The number of hydrogen-bond donors (Lipinski definition) is 1. The molecule has 1 fully saturated rings. The van der Waals surface area contributed by atoms with Gasteiger partial charge in [0.1, 0.15) is 5.65 Å². The van der Waals surface area contributed by atoms with Crippen molar-refractivity contribution in [2.75, 3.05) is 24.5 Å². The standard InChI is InChI=1S/C19H20N4O/c1-14-12-22(10-9-20-14)16-7-8-18-21-17(11-19(24)23(18)13-16)15-5-3-2-4-6-15/h2-8,11,13-14,20H,9-10,12H2,1H3. The largest absolute Gasteiger partial charge is 0.368 e. The Kier molecular flexibility index (Phi) is 3.78. The van der Waals surface area contributed by atoms with Crippen molar-refractivity contribution in [2.24, 2.45) is 0 Å². The topological polar surface area (TPSA) is 49.6 Å². The fourth-order valence-corrected chi connectivity index (χ4v) is 3.20. The first-order valence-electron chi connectivity index (χ1n) is 8.28. The highest BCUT2D eigenvalue weighted by atomic mass is 16.1. The fraction of sp³-hybridized carbons (Fsp3) is 0.263. The molecule has 1 N–H and O–H groups in total. The van der Waals surface area contributed by atoms with Gasteiger partial charge in [0.25, 0.3) is 5.56 Å². The lowest BCUT2D eigenvalue weighted by molar-refractivity contribution is 0.484. The van der Waals surface area contributed by atoms with E-state index in [-0.39, 0.29) is 5.56 Å². The van der Waals surface area contributed by atoms with Crippen molar-refractivity contribution < 1.29 is 0 Å². The van der Waals surface area contributed by atoms with Gasteiger partial charge in [-0.3, -0.25) is 9.20 Å². The maximum atomic E-state index is 12.6. The Morgan fingerprint density at radius 3 is 2.79 bits per heavy atom. The number of benzene rings is 1. The molecule has 1 aliphatic rings. The molecule has 5 nitrogen and oxygen atoms in total. The highest BCUT2D eigenvalue weighted by Crippen LogP contribution is 2.19. The summed E-state index contributed by atoms with van der Waals surface area (Å²) in [5.41, 5.74) is 3.35. The van der Waals surface area contributed by atoms with Crippen LogP contribution in [-0.4, -0.2) is 35.1 Å². The molecule has 24 heavy (non-hydrogen) atoms. The Morgan fingerprint density at radius 1 is 1.17 bits per heavy atom. The molecule has 1 atom stereocenters. The van der Waals surface area contributed by atoms with Crippen LogP contribution < -0.4 is 15.8 Å². The van der Waals surface area contributed by atoms with Gasteiger partial charge in [-0.25, -0.2) is 4.98 Å². The molecule has 0 amide bonds. The van der Waals surface area contributed by atoms with Gasteiger partial charge in [0.05, 0.1) is 11.4 Å². The number of rotatable bonds is 2. The second-order valence-electron chi connectivity index (χ2n) is 6.26. The molecule has 5 heteroatoms. The summed E-state index contributed by atoms with van der Waals surface area (Å²) in [7, 11) is 0. The number of hydrogen-bond acceptors (Lipinski definition) is 4. The highest BCUT2D eigenvalue weighted by molar-refractivity contribution is 5.62. The van der Waals surface area contributed by atoms with Crippen molar-refractivity contribution in [2.45, 2.75) is 13.0 Å².